The predicted molar refractivity (Wildman–Crippen MR) is 141 cm³/mol. The first-order chi connectivity index (χ1) is 17.8. The first-order valence-electron chi connectivity index (χ1n) is 12.5. The van der Waals surface area contributed by atoms with Gasteiger partial charge in [-0.15, -0.1) is 0 Å². The van der Waals surface area contributed by atoms with Crippen LogP contribution < -0.4 is 5.32 Å². The molecule has 1 saturated carbocycles. The van der Waals surface area contributed by atoms with Crippen molar-refractivity contribution in [2.24, 2.45) is 0 Å². The summed E-state index contributed by atoms with van der Waals surface area (Å²) in [6, 6.07) is 15.4. The summed E-state index contributed by atoms with van der Waals surface area (Å²) >= 11 is 5.73. The third kappa shape index (κ3) is 7.32. The SMILES string of the molecule is N#Cc1ccc(Cn2cncc2CCN(Cc2ccccc2C(F)(F)F)C(=S)NC2CCCCC2)cc1. The van der Waals surface area contributed by atoms with Gasteiger partial charge in [0, 0.05) is 44.0 Å². The maximum Gasteiger partial charge on any atom is 0.416 e. The van der Waals surface area contributed by atoms with Crippen molar-refractivity contribution in [1.82, 2.24) is 19.8 Å². The minimum atomic E-state index is -4.43. The van der Waals surface area contributed by atoms with Crippen molar-refractivity contribution in [1.29, 1.82) is 5.26 Å². The summed E-state index contributed by atoms with van der Waals surface area (Å²) in [5.41, 5.74) is 2.16. The van der Waals surface area contributed by atoms with Gasteiger partial charge in [-0.3, -0.25) is 0 Å². The van der Waals surface area contributed by atoms with E-state index >= 15 is 0 Å². The number of rotatable bonds is 8. The molecule has 0 amide bonds. The molecule has 0 atom stereocenters. The number of alkyl halides is 3. The highest BCUT2D eigenvalue weighted by atomic mass is 32.1. The van der Waals surface area contributed by atoms with E-state index in [-0.39, 0.29) is 18.2 Å². The standard InChI is InChI=1S/C28H30F3N5S/c29-28(30,31)26-9-5-4-6-23(26)19-35(27(37)34-24-7-2-1-3-8-24)15-14-25-17-33-20-36(25)18-22-12-10-21(16-32)11-13-22/h4-6,9-13,17,20,24H,1-3,7-8,14-15,18-19H2,(H,34,37). The summed E-state index contributed by atoms with van der Waals surface area (Å²) in [7, 11) is 0. The predicted octanol–water partition coefficient (Wildman–Crippen LogP) is 6.07. The molecule has 1 fully saturated rings. The highest BCUT2D eigenvalue weighted by molar-refractivity contribution is 7.80. The van der Waals surface area contributed by atoms with Crippen LogP contribution in [0.3, 0.4) is 0 Å². The van der Waals surface area contributed by atoms with Gasteiger partial charge in [0.05, 0.1) is 23.5 Å². The van der Waals surface area contributed by atoms with E-state index in [1.807, 2.05) is 21.6 Å². The number of aromatic nitrogens is 2. The molecule has 0 aliphatic heterocycles. The van der Waals surface area contributed by atoms with Gasteiger partial charge in [0.25, 0.3) is 0 Å². The maximum absolute atomic E-state index is 13.7. The van der Waals surface area contributed by atoms with Crippen LogP contribution in [-0.4, -0.2) is 32.2 Å². The second-order valence-corrected chi connectivity index (χ2v) is 9.82. The maximum atomic E-state index is 13.7. The Bertz CT molecular complexity index is 1220. The van der Waals surface area contributed by atoms with Crippen LogP contribution in [0.5, 0.6) is 0 Å². The largest absolute Gasteiger partial charge is 0.416 e. The summed E-state index contributed by atoms with van der Waals surface area (Å²) in [5, 5.41) is 12.9. The molecule has 0 bridgehead atoms. The molecule has 4 rings (SSSR count). The number of nitriles is 1. The smallest absolute Gasteiger partial charge is 0.360 e. The number of hydrogen-bond donors (Lipinski definition) is 1. The van der Waals surface area contributed by atoms with E-state index in [1.54, 1.807) is 30.7 Å². The molecule has 37 heavy (non-hydrogen) atoms. The normalized spacial score (nSPS) is 14.2. The molecule has 2 aromatic carbocycles. The minimum Gasteiger partial charge on any atom is -0.360 e. The van der Waals surface area contributed by atoms with Crippen LogP contribution in [0.1, 0.15) is 60.1 Å². The lowest BCUT2D eigenvalue weighted by atomic mass is 9.96. The molecular weight excluding hydrogens is 495 g/mol. The third-order valence-corrected chi connectivity index (χ3v) is 7.15. The Morgan fingerprint density at radius 1 is 1.11 bits per heavy atom. The number of imidazole rings is 1. The minimum absolute atomic E-state index is 0.0675. The summed E-state index contributed by atoms with van der Waals surface area (Å²) in [6.07, 6.45) is 5.17. The summed E-state index contributed by atoms with van der Waals surface area (Å²) in [5.74, 6) is 0. The van der Waals surface area contributed by atoms with Crippen molar-refractivity contribution in [3.63, 3.8) is 0 Å². The van der Waals surface area contributed by atoms with Crippen molar-refractivity contribution >= 4 is 17.3 Å². The monoisotopic (exact) mass is 525 g/mol. The molecule has 3 aromatic rings. The molecular formula is C28H30F3N5S. The van der Waals surface area contributed by atoms with Gasteiger partial charge in [0.1, 0.15) is 0 Å². The van der Waals surface area contributed by atoms with Crippen molar-refractivity contribution in [3.8, 4) is 6.07 Å². The molecule has 1 N–H and O–H groups in total. The Hall–Kier alpha value is -3.38. The van der Waals surface area contributed by atoms with E-state index in [0.717, 1.165) is 43.0 Å². The Balaban J connectivity index is 1.50. The van der Waals surface area contributed by atoms with Gasteiger partial charge in [0.2, 0.25) is 0 Å². The van der Waals surface area contributed by atoms with E-state index in [1.165, 1.54) is 18.6 Å². The number of nitrogens with zero attached hydrogens (tertiary/aromatic N) is 4. The molecule has 1 heterocycles. The van der Waals surface area contributed by atoms with Gasteiger partial charge in [0.15, 0.2) is 5.11 Å². The lowest BCUT2D eigenvalue weighted by Gasteiger charge is -2.31. The molecule has 1 aliphatic carbocycles. The molecule has 1 aliphatic rings. The molecule has 5 nitrogen and oxygen atoms in total. The van der Waals surface area contributed by atoms with Gasteiger partial charge in [-0.2, -0.15) is 18.4 Å². The van der Waals surface area contributed by atoms with E-state index < -0.39 is 11.7 Å². The molecule has 194 valence electrons. The molecule has 0 saturated heterocycles. The molecule has 0 radical (unpaired) electrons. The Morgan fingerprint density at radius 2 is 1.84 bits per heavy atom. The Morgan fingerprint density at radius 3 is 2.54 bits per heavy atom. The van der Waals surface area contributed by atoms with E-state index in [4.69, 9.17) is 17.5 Å². The summed E-state index contributed by atoms with van der Waals surface area (Å²) < 4.78 is 43.1. The fraction of sp³-hybridized carbons (Fsp3) is 0.393. The van der Waals surface area contributed by atoms with Gasteiger partial charge >= 0.3 is 6.18 Å². The number of benzene rings is 2. The van der Waals surface area contributed by atoms with Gasteiger partial charge in [-0.1, -0.05) is 49.6 Å². The zero-order chi connectivity index (χ0) is 26.3. The average Bonchev–Trinajstić information content (AvgIpc) is 3.34. The van der Waals surface area contributed by atoms with E-state index in [0.29, 0.717) is 30.2 Å². The van der Waals surface area contributed by atoms with Crippen LogP contribution in [0.15, 0.2) is 61.1 Å². The van der Waals surface area contributed by atoms with Crippen LogP contribution in [0, 0.1) is 11.3 Å². The summed E-state index contributed by atoms with van der Waals surface area (Å²) in [4.78, 5) is 6.13. The number of nitrogens with one attached hydrogen (secondary N) is 1. The quantitative estimate of drug-likeness (QED) is 0.362. The fourth-order valence-corrected chi connectivity index (χ4v) is 5.06. The van der Waals surface area contributed by atoms with Gasteiger partial charge in [-0.05, 0) is 54.4 Å². The zero-order valence-electron chi connectivity index (χ0n) is 20.5. The topological polar surface area (TPSA) is 56.9 Å². The van der Waals surface area contributed by atoms with Crippen LogP contribution in [0.4, 0.5) is 13.2 Å². The first kappa shape index (κ1) is 26.7. The number of thiocarbonyl (C=S) groups is 1. The highest BCUT2D eigenvalue weighted by Crippen LogP contribution is 2.32. The average molecular weight is 526 g/mol. The van der Waals surface area contributed by atoms with Crippen molar-refractivity contribution in [2.45, 2.75) is 63.8 Å². The molecule has 9 heteroatoms. The lowest BCUT2D eigenvalue weighted by molar-refractivity contribution is -0.138. The molecule has 0 unspecified atom stereocenters. The first-order valence-corrected chi connectivity index (χ1v) is 12.9. The lowest BCUT2D eigenvalue weighted by Crippen LogP contribution is -2.46. The third-order valence-electron chi connectivity index (χ3n) is 6.78. The second-order valence-electron chi connectivity index (χ2n) is 9.43. The van der Waals surface area contributed by atoms with Crippen LogP contribution in [0.2, 0.25) is 0 Å². The fourth-order valence-electron chi connectivity index (χ4n) is 4.74. The number of hydrogen-bond acceptors (Lipinski definition) is 3. The van der Waals surface area contributed by atoms with E-state index in [2.05, 4.69) is 16.4 Å². The summed E-state index contributed by atoms with van der Waals surface area (Å²) in [6.45, 7) is 1.10. The van der Waals surface area contributed by atoms with Crippen LogP contribution in [-0.2, 0) is 25.7 Å². The Kier molecular flexibility index (Phi) is 8.82. The van der Waals surface area contributed by atoms with E-state index in [9.17, 15) is 13.2 Å². The van der Waals surface area contributed by atoms with Gasteiger partial charge < -0.3 is 14.8 Å². The van der Waals surface area contributed by atoms with Gasteiger partial charge in [-0.25, -0.2) is 4.98 Å². The second kappa shape index (κ2) is 12.2. The van der Waals surface area contributed by atoms with Crippen molar-refractivity contribution in [3.05, 3.63) is 89.0 Å². The Labute approximate surface area is 220 Å². The molecule has 1 aromatic heterocycles. The molecule has 0 spiro atoms. The van der Waals surface area contributed by atoms with Crippen molar-refractivity contribution in [2.75, 3.05) is 6.54 Å². The zero-order valence-corrected chi connectivity index (χ0v) is 21.4. The highest BCUT2D eigenvalue weighted by Gasteiger charge is 2.33. The van der Waals surface area contributed by atoms with Crippen LogP contribution >= 0.6 is 12.2 Å². The number of halogens is 3. The van der Waals surface area contributed by atoms with Crippen molar-refractivity contribution < 1.29 is 13.2 Å². The van der Waals surface area contributed by atoms with Crippen LogP contribution in [0.25, 0.3) is 0 Å².